The summed E-state index contributed by atoms with van der Waals surface area (Å²) >= 11 is 0. The van der Waals surface area contributed by atoms with Gasteiger partial charge in [-0.15, -0.1) is 0 Å². The van der Waals surface area contributed by atoms with E-state index in [9.17, 15) is 14.7 Å². The van der Waals surface area contributed by atoms with Crippen molar-refractivity contribution in [3.05, 3.63) is 71.8 Å². The van der Waals surface area contributed by atoms with Gasteiger partial charge in [-0.3, -0.25) is 14.5 Å². The van der Waals surface area contributed by atoms with Gasteiger partial charge in [-0.2, -0.15) is 0 Å². The second kappa shape index (κ2) is 13.3. The lowest BCUT2D eigenvalue weighted by molar-refractivity contribution is -0.140. The summed E-state index contributed by atoms with van der Waals surface area (Å²) in [6.07, 6.45) is 2.30. The van der Waals surface area contributed by atoms with Crippen LogP contribution in [-0.2, 0) is 14.3 Å². The number of morpholine rings is 1. The summed E-state index contributed by atoms with van der Waals surface area (Å²) in [5, 5.41) is 11.4. The van der Waals surface area contributed by atoms with E-state index in [-0.39, 0.29) is 11.3 Å². The monoisotopic (exact) mass is 536 g/mol. The highest BCUT2D eigenvalue weighted by molar-refractivity contribution is 6.46. The van der Waals surface area contributed by atoms with Crippen molar-refractivity contribution >= 4 is 17.4 Å². The van der Waals surface area contributed by atoms with E-state index in [0.29, 0.717) is 67.8 Å². The third-order valence-electron chi connectivity index (χ3n) is 6.82. The Morgan fingerprint density at radius 2 is 1.82 bits per heavy atom. The zero-order valence-electron chi connectivity index (χ0n) is 22.6. The summed E-state index contributed by atoms with van der Waals surface area (Å²) in [4.78, 5) is 30.5. The first-order valence-electron chi connectivity index (χ1n) is 13.2. The number of rotatable bonds is 12. The van der Waals surface area contributed by atoms with Gasteiger partial charge in [0, 0.05) is 31.7 Å². The topological polar surface area (TPSA) is 97.8 Å². The molecule has 0 bridgehead atoms. The van der Waals surface area contributed by atoms with E-state index in [2.05, 4.69) is 11.5 Å². The molecule has 2 aromatic carbocycles. The predicted molar refractivity (Wildman–Crippen MR) is 147 cm³/mol. The summed E-state index contributed by atoms with van der Waals surface area (Å²) in [5.74, 6) is 0.0208. The van der Waals surface area contributed by atoms with E-state index in [1.165, 1.54) is 7.11 Å². The molecule has 2 aromatic rings. The molecule has 4 rings (SSSR count). The van der Waals surface area contributed by atoms with Gasteiger partial charge in [-0.1, -0.05) is 18.7 Å². The maximum atomic E-state index is 13.4. The Bertz CT molecular complexity index is 1200. The number of methoxy groups -OCH3 is 1. The third kappa shape index (κ3) is 6.43. The molecule has 0 saturated carbocycles. The van der Waals surface area contributed by atoms with Gasteiger partial charge in [-0.25, -0.2) is 0 Å². The minimum absolute atomic E-state index is 0.0392. The van der Waals surface area contributed by atoms with Gasteiger partial charge in [-0.05, 0) is 55.3 Å². The maximum Gasteiger partial charge on any atom is 0.295 e. The van der Waals surface area contributed by atoms with E-state index >= 15 is 0 Å². The van der Waals surface area contributed by atoms with Crippen LogP contribution in [0.25, 0.3) is 5.76 Å². The smallest absolute Gasteiger partial charge is 0.295 e. The molecule has 1 atom stereocenters. The van der Waals surface area contributed by atoms with E-state index in [1.54, 1.807) is 53.4 Å². The Kier molecular flexibility index (Phi) is 9.62. The standard InChI is InChI=1S/C30H36N2O7/c1-4-17-39-24-12-9-22(20-25(24)36-3)27-26(28(33)21-7-10-23(11-8-21)38-5-2)29(34)30(35)32(27)14-6-13-31-15-18-37-19-16-31/h4,7-12,20,27,33H,1,5-6,13-19H2,2-3H3. The molecule has 0 radical (unpaired) electrons. The van der Waals surface area contributed by atoms with Gasteiger partial charge in [0.1, 0.15) is 18.1 Å². The molecule has 2 fully saturated rings. The van der Waals surface area contributed by atoms with E-state index < -0.39 is 17.7 Å². The minimum atomic E-state index is -0.788. The zero-order valence-corrected chi connectivity index (χ0v) is 22.6. The fraction of sp³-hybridized carbons (Fsp3) is 0.400. The highest BCUT2D eigenvalue weighted by Gasteiger charge is 2.46. The van der Waals surface area contributed by atoms with Gasteiger partial charge in [0.25, 0.3) is 11.7 Å². The molecule has 9 heteroatoms. The number of benzene rings is 2. The van der Waals surface area contributed by atoms with Crippen LogP contribution in [0.3, 0.4) is 0 Å². The molecule has 2 saturated heterocycles. The maximum absolute atomic E-state index is 13.4. The molecule has 1 amide bonds. The number of hydrogen-bond acceptors (Lipinski definition) is 8. The summed E-state index contributed by atoms with van der Waals surface area (Å²) in [5.41, 5.74) is 1.10. The molecule has 39 heavy (non-hydrogen) atoms. The SMILES string of the molecule is C=CCOc1ccc(C2C(=C(O)c3ccc(OCC)cc3)C(=O)C(=O)N2CCCN2CCOCC2)cc1OC. The van der Waals surface area contributed by atoms with Crippen molar-refractivity contribution in [3.8, 4) is 17.2 Å². The average Bonchev–Trinajstić information content (AvgIpc) is 3.22. The van der Waals surface area contributed by atoms with Gasteiger partial charge in [0.2, 0.25) is 0 Å². The lowest BCUT2D eigenvalue weighted by atomic mass is 9.95. The van der Waals surface area contributed by atoms with Crippen LogP contribution in [0.5, 0.6) is 17.2 Å². The van der Waals surface area contributed by atoms with Crippen LogP contribution < -0.4 is 14.2 Å². The largest absolute Gasteiger partial charge is 0.507 e. The summed E-state index contributed by atoms with van der Waals surface area (Å²) in [7, 11) is 1.53. The Labute approximate surface area is 229 Å². The number of Topliss-reactive ketones (excluding diaryl/α,β-unsaturated/α-hetero) is 1. The molecule has 208 valence electrons. The average molecular weight is 537 g/mol. The fourth-order valence-corrected chi connectivity index (χ4v) is 4.90. The first-order valence-corrected chi connectivity index (χ1v) is 13.2. The van der Waals surface area contributed by atoms with Crippen LogP contribution in [0.15, 0.2) is 60.7 Å². The van der Waals surface area contributed by atoms with Crippen molar-refractivity contribution in [2.24, 2.45) is 0 Å². The second-order valence-corrected chi connectivity index (χ2v) is 9.27. The number of nitrogens with zero attached hydrogens (tertiary/aromatic N) is 2. The number of carbonyl (C=O) groups is 2. The first kappa shape index (κ1) is 28.2. The molecule has 9 nitrogen and oxygen atoms in total. The summed E-state index contributed by atoms with van der Waals surface area (Å²) < 4.78 is 22.2. The molecule has 2 heterocycles. The number of ether oxygens (including phenoxy) is 4. The molecule has 2 aliphatic heterocycles. The van der Waals surface area contributed by atoms with Crippen LogP contribution in [-0.4, -0.2) is 86.3 Å². The van der Waals surface area contributed by atoms with Crippen molar-refractivity contribution in [1.82, 2.24) is 9.80 Å². The zero-order chi connectivity index (χ0) is 27.8. The number of amides is 1. The van der Waals surface area contributed by atoms with Crippen molar-refractivity contribution in [2.75, 3.05) is 59.7 Å². The number of hydrogen-bond donors (Lipinski definition) is 1. The Balaban J connectivity index is 1.70. The number of ketones is 1. The van der Waals surface area contributed by atoms with Crippen molar-refractivity contribution < 1.29 is 33.6 Å². The van der Waals surface area contributed by atoms with Crippen LogP contribution in [0.4, 0.5) is 0 Å². The van der Waals surface area contributed by atoms with Crippen LogP contribution >= 0.6 is 0 Å². The summed E-state index contributed by atoms with van der Waals surface area (Å²) in [6, 6.07) is 11.3. The van der Waals surface area contributed by atoms with Gasteiger partial charge >= 0.3 is 0 Å². The molecule has 1 unspecified atom stereocenters. The highest BCUT2D eigenvalue weighted by Crippen LogP contribution is 2.42. The quantitative estimate of drug-likeness (QED) is 0.189. The van der Waals surface area contributed by atoms with E-state index in [0.717, 1.165) is 19.6 Å². The normalized spacial score (nSPS) is 19.2. The third-order valence-corrected chi connectivity index (χ3v) is 6.82. The lowest BCUT2D eigenvalue weighted by Crippen LogP contribution is -2.39. The number of aliphatic hydroxyl groups excluding tert-OH is 1. The number of aliphatic hydroxyl groups is 1. The molecule has 0 aliphatic carbocycles. The van der Waals surface area contributed by atoms with Gasteiger partial charge in [0.15, 0.2) is 11.5 Å². The molecule has 2 aliphatic rings. The van der Waals surface area contributed by atoms with Crippen molar-refractivity contribution in [3.63, 3.8) is 0 Å². The van der Waals surface area contributed by atoms with Crippen LogP contribution in [0.1, 0.15) is 30.5 Å². The molecule has 0 spiro atoms. The van der Waals surface area contributed by atoms with Crippen molar-refractivity contribution in [1.29, 1.82) is 0 Å². The Morgan fingerprint density at radius 1 is 1.08 bits per heavy atom. The van der Waals surface area contributed by atoms with Gasteiger partial charge in [0.05, 0.1) is 38.5 Å². The molecular weight excluding hydrogens is 500 g/mol. The first-order chi connectivity index (χ1) is 19.0. The second-order valence-electron chi connectivity index (χ2n) is 9.27. The van der Waals surface area contributed by atoms with Crippen LogP contribution in [0, 0.1) is 0 Å². The minimum Gasteiger partial charge on any atom is -0.507 e. The molecule has 1 N–H and O–H groups in total. The summed E-state index contributed by atoms with van der Waals surface area (Å²) in [6.45, 7) is 10.5. The fourth-order valence-electron chi connectivity index (χ4n) is 4.90. The lowest BCUT2D eigenvalue weighted by Gasteiger charge is -2.29. The molecule has 0 aromatic heterocycles. The highest BCUT2D eigenvalue weighted by atomic mass is 16.5. The van der Waals surface area contributed by atoms with E-state index in [1.807, 2.05) is 6.92 Å². The van der Waals surface area contributed by atoms with Gasteiger partial charge < -0.3 is 29.0 Å². The van der Waals surface area contributed by atoms with E-state index in [4.69, 9.17) is 18.9 Å². The number of carbonyl (C=O) groups excluding carboxylic acids is 2. The predicted octanol–water partition coefficient (Wildman–Crippen LogP) is 3.80. The Hall–Kier alpha value is -3.82. The molecular formula is C30H36N2O7. The number of likely N-dealkylation sites (tertiary alicyclic amines) is 1. The van der Waals surface area contributed by atoms with Crippen molar-refractivity contribution in [2.45, 2.75) is 19.4 Å². The van der Waals surface area contributed by atoms with Crippen LogP contribution in [0.2, 0.25) is 0 Å². The Morgan fingerprint density at radius 3 is 2.49 bits per heavy atom.